The Morgan fingerprint density at radius 2 is 1.00 bits per heavy atom. The lowest BCUT2D eigenvalue weighted by Gasteiger charge is -1.63. The second-order valence-corrected chi connectivity index (χ2v) is 6.68. The summed E-state index contributed by atoms with van der Waals surface area (Å²) in [7, 11) is 0. The molecule has 0 radical (unpaired) electrons. The third-order valence-corrected chi connectivity index (χ3v) is 0. The van der Waals surface area contributed by atoms with E-state index in [0.717, 1.165) is 0 Å². The van der Waals surface area contributed by atoms with Gasteiger partial charge in [0, 0.05) is 0 Å². The molecule has 0 rings (SSSR count). The second kappa shape index (κ2) is 6.04. The first kappa shape index (κ1) is 10.1. The average molecular weight is 281 g/mol. The first-order chi connectivity index (χ1) is 1.73. The highest BCUT2D eigenvalue weighted by Crippen LogP contribution is 2.07. The summed E-state index contributed by atoms with van der Waals surface area (Å²) < 4.78 is 0.271. The standard InChI is InChI=1S/Al.BBr3.3H/c;2-1(3)4;;;. The molecule has 0 saturated heterocycles. The van der Waals surface area contributed by atoms with Crippen LogP contribution in [0.4, 0.5) is 0 Å². The van der Waals surface area contributed by atoms with Gasteiger partial charge in [0.2, 0.25) is 0 Å². The van der Waals surface area contributed by atoms with Crippen LogP contribution in [0.15, 0.2) is 0 Å². The highest BCUT2D eigenvalue weighted by molar-refractivity contribution is 9.69. The van der Waals surface area contributed by atoms with Gasteiger partial charge in [0.1, 0.15) is 0 Å². The van der Waals surface area contributed by atoms with Gasteiger partial charge >= 0.3 is 3.18 Å². The summed E-state index contributed by atoms with van der Waals surface area (Å²) in [6.45, 7) is 0. The second-order valence-electron chi connectivity index (χ2n) is 0.247. The Morgan fingerprint density at radius 1 is 1.00 bits per heavy atom. The summed E-state index contributed by atoms with van der Waals surface area (Å²) in [6, 6.07) is 0. The van der Waals surface area contributed by atoms with Crippen LogP contribution in [0.3, 0.4) is 0 Å². The maximum Gasteiger partial charge on any atom is 0.369 e. The van der Waals surface area contributed by atoms with Gasteiger partial charge in [0.15, 0.2) is 17.4 Å². The number of halogens is 3. The minimum Gasteiger partial charge on any atom is -0.123 e. The van der Waals surface area contributed by atoms with Crippen molar-refractivity contribution >= 4 is 67.8 Å². The van der Waals surface area contributed by atoms with Gasteiger partial charge in [-0.1, -0.05) is 0 Å². The number of hydrogen-bond acceptors (Lipinski definition) is 0. The smallest absolute Gasteiger partial charge is 0.123 e. The molecule has 0 spiro atoms. The summed E-state index contributed by atoms with van der Waals surface area (Å²) in [4.78, 5) is 0. The number of hydrogen-bond donors (Lipinski definition) is 0. The molecule has 30 valence electrons. The van der Waals surface area contributed by atoms with E-state index in [4.69, 9.17) is 0 Å². The van der Waals surface area contributed by atoms with Crippen molar-refractivity contribution in [1.29, 1.82) is 0 Å². The minimum absolute atomic E-state index is 0. The molecule has 0 nitrogen and oxygen atoms in total. The summed E-state index contributed by atoms with van der Waals surface area (Å²) in [5.74, 6) is 0. The van der Waals surface area contributed by atoms with Gasteiger partial charge in [-0.05, 0) is 0 Å². The quantitative estimate of drug-likeness (QED) is 0.580. The van der Waals surface area contributed by atoms with Gasteiger partial charge in [-0.3, -0.25) is 0 Å². The molecule has 0 atom stereocenters. The fourth-order valence-electron chi connectivity index (χ4n) is 0. The molecular weight excluding hydrogens is 278 g/mol. The Hall–Kier alpha value is 2.04. The Kier molecular flexibility index (Phi) is 12.2. The lowest BCUT2D eigenvalue weighted by Crippen LogP contribution is -1.60. The molecule has 0 aliphatic rings. The summed E-state index contributed by atoms with van der Waals surface area (Å²) in [5, 5.41) is 0. The van der Waals surface area contributed by atoms with Crippen LogP contribution in [0.25, 0.3) is 0 Å². The molecule has 0 aliphatic carbocycles. The zero-order chi connectivity index (χ0) is 3.58. The van der Waals surface area contributed by atoms with Gasteiger partial charge in [-0.15, -0.1) is 47.3 Å². The molecule has 0 aliphatic heterocycles. The van der Waals surface area contributed by atoms with Crippen LogP contribution in [-0.2, 0) is 0 Å². The minimum atomic E-state index is 0. The molecule has 0 bridgehead atoms. The molecular formula is H3AlBBr3. The lowest BCUT2D eigenvalue weighted by molar-refractivity contribution is 4.99. The van der Waals surface area contributed by atoms with Gasteiger partial charge < -0.3 is 0 Å². The Morgan fingerprint density at radius 3 is 1.00 bits per heavy atom. The van der Waals surface area contributed by atoms with Crippen LogP contribution in [0, 0.1) is 0 Å². The van der Waals surface area contributed by atoms with Crippen LogP contribution in [-0.4, -0.2) is 20.5 Å². The third-order valence-electron chi connectivity index (χ3n) is 0. The van der Waals surface area contributed by atoms with Gasteiger partial charge in [0.05, 0.1) is 0 Å². The van der Waals surface area contributed by atoms with E-state index < -0.39 is 0 Å². The molecule has 0 saturated carbocycles. The highest BCUT2D eigenvalue weighted by Gasteiger charge is 1.87. The van der Waals surface area contributed by atoms with Gasteiger partial charge in [0.25, 0.3) is 0 Å². The molecule has 5 heavy (non-hydrogen) atoms. The van der Waals surface area contributed by atoms with E-state index in [1.165, 1.54) is 0 Å². The SMILES string of the molecule is BrB(Br)Br.[AlH3]. The molecule has 0 aromatic heterocycles. The fourth-order valence-corrected chi connectivity index (χ4v) is 0. The zero-order valence-corrected chi connectivity index (χ0v) is 6.47. The third kappa shape index (κ3) is 23.7. The number of rotatable bonds is 0. The van der Waals surface area contributed by atoms with Crippen molar-refractivity contribution in [2.24, 2.45) is 0 Å². The topological polar surface area (TPSA) is 0 Å². The maximum atomic E-state index is 3.10. The Bertz CT molecular complexity index is 11.6. The Balaban J connectivity index is 0. The van der Waals surface area contributed by atoms with E-state index in [1.807, 2.05) is 0 Å². The van der Waals surface area contributed by atoms with Crippen molar-refractivity contribution in [3.05, 3.63) is 0 Å². The van der Waals surface area contributed by atoms with Crippen LogP contribution in [0.2, 0.25) is 0 Å². The predicted octanol–water partition coefficient (Wildman–Crippen LogP) is 0.972. The van der Waals surface area contributed by atoms with Crippen LogP contribution in [0.5, 0.6) is 0 Å². The monoisotopic (exact) mass is 278 g/mol. The first-order valence-corrected chi connectivity index (χ1v) is 3.40. The first-order valence-electron chi connectivity index (χ1n) is 0.655. The molecule has 0 aromatic rings. The van der Waals surface area contributed by atoms with Crippen molar-refractivity contribution in [2.75, 3.05) is 0 Å². The van der Waals surface area contributed by atoms with Crippen molar-refractivity contribution in [1.82, 2.24) is 0 Å². The molecule has 0 aromatic carbocycles. The van der Waals surface area contributed by atoms with Crippen molar-refractivity contribution in [3.63, 3.8) is 0 Å². The van der Waals surface area contributed by atoms with E-state index in [0.29, 0.717) is 0 Å². The van der Waals surface area contributed by atoms with Crippen molar-refractivity contribution in [3.8, 4) is 0 Å². The molecule has 0 unspecified atom stereocenters. The largest absolute Gasteiger partial charge is 0.369 e. The van der Waals surface area contributed by atoms with E-state index in [9.17, 15) is 0 Å². The predicted molar refractivity (Wildman–Crippen MR) is 42.5 cm³/mol. The van der Waals surface area contributed by atoms with Crippen molar-refractivity contribution < 1.29 is 0 Å². The zero-order valence-electron chi connectivity index (χ0n) is 1.71. The fraction of sp³-hybridized carbons (Fsp3) is 0. The molecule has 0 amide bonds. The van der Waals surface area contributed by atoms with Crippen LogP contribution >= 0.6 is 47.3 Å². The Labute approximate surface area is 67.2 Å². The summed E-state index contributed by atoms with van der Waals surface area (Å²) >= 11 is 9.31. The normalized spacial score (nSPS) is 5.40. The van der Waals surface area contributed by atoms with Gasteiger partial charge in [-0.2, -0.15) is 0 Å². The van der Waals surface area contributed by atoms with Gasteiger partial charge in [-0.25, -0.2) is 0 Å². The lowest BCUT2D eigenvalue weighted by atomic mass is 10.8. The average Bonchev–Trinajstić information content (AvgIpc) is 0.811. The van der Waals surface area contributed by atoms with Crippen LogP contribution < -0.4 is 0 Å². The summed E-state index contributed by atoms with van der Waals surface area (Å²) in [6.07, 6.45) is 0. The van der Waals surface area contributed by atoms with E-state index in [2.05, 4.69) is 47.3 Å². The van der Waals surface area contributed by atoms with E-state index in [-0.39, 0.29) is 20.5 Å². The summed E-state index contributed by atoms with van der Waals surface area (Å²) in [5.41, 5.74) is 0. The molecule has 0 fully saturated rings. The van der Waals surface area contributed by atoms with Crippen molar-refractivity contribution in [2.45, 2.75) is 0 Å². The molecule has 5 heteroatoms. The van der Waals surface area contributed by atoms with Crippen LogP contribution in [0.1, 0.15) is 0 Å². The maximum absolute atomic E-state index is 3.10. The molecule has 0 heterocycles. The molecule has 0 N–H and O–H groups in total. The van der Waals surface area contributed by atoms with E-state index in [1.54, 1.807) is 0 Å². The van der Waals surface area contributed by atoms with E-state index >= 15 is 0 Å². The highest BCUT2D eigenvalue weighted by atomic mass is 79.9.